The summed E-state index contributed by atoms with van der Waals surface area (Å²) in [5.74, 6) is 1.70. The van der Waals surface area contributed by atoms with Crippen molar-refractivity contribution in [3.63, 3.8) is 0 Å². The molecule has 2 rings (SSSR count). The predicted octanol–water partition coefficient (Wildman–Crippen LogP) is 1.00. The molecule has 0 aromatic carbocycles. The SMILES string of the molecule is CCNc1nc(NC(C)c2nncn2C)nc(OCC)n1. The topological polar surface area (TPSA) is 103 Å². The van der Waals surface area contributed by atoms with E-state index in [1.807, 2.05) is 32.4 Å². The van der Waals surface area contributed by atoms with E-state index >= 15 is 0 Å². The van der Waals surface area contributed by atoms with Crippen molar-refractivity contribution in [1.29, 1.82) is 0 Å². The van der Waals surface area contributed by atoms with E-state index in [9.17, 15) is 0 Å². The van der Waals surface area contributed by atoms with E-state index in [0.29, 0.717) is 25.0 Å². The molecule has 9 nitrogen and oxygen atoms in total. The van der Waals surface area contributed by atoms with E-state index < -0.39 is 0 Å². The molecule has 0 aliphatic rings. The van der Waals surface area contributed by atoms with E-state index in [0.717, 1.165) is 5.82 Å². The van der Waals surface area contributed by atoms with Gasteiger partial charge in [-0.2, -0.15) is 15.0 Å². The molecule has 2 N–H and O–H groups in total. The minimum absolute atomic E-state index is 0.0937. The van der Waals surface area contributed by atoms with Crippen LogP contribution in [-0.4, -0.2) is 42.9 Å². The van der Waals surface area contributed by atoms with Gasteiger partial charge in [-0.1, -0.05) is 0 Å². The molecule has 0 fully saturated rings. The van der Waals surface area contributed by atoms with E-state index in [-0.39, 0.29) is 12.1 Å². The van der Waals surface area contributed by atoms with Crippen LogP contribution in [0.15, 0.2) is 6.33 Å². The van der Waals surface area contributed by atoms with Gasteiger partial charge in [-0.15, -0.1) is 10.2 Å². The second kappa shape index (κ2) is 6.82. The van der Waals surface area contributed by atoms with Crippen molar-refractivity contribution in [2.45, 2.75) is 26.8 Å². The Balaban J connectivity index is 2.19. The lowest BCUT2D eigenvalue weighted by molar-refractivity contribution is 0.312. The summed E-state index contributed by atoms with van der Waals surface area (Å²) in [6, 6.07) is 0.194. The van der Waals surface area contributed by atoms with Gasteiger partial charge in [0.15, 0.2) is 5.82 Å². The first-order valence-corrected chi connectivity index (χ1v) is 6.87. The molecule has 0 radical (unpaired) electrons. The van der Waals surface area contributed by atoms with Crippen LogP contribution in [0.3, 0.4) is 0 Å². The Labute approximate surface area is 123 Å². The van der Waals surface area contributed by atoms with Crippen LogP contribution in [0.2, 0.25) is 0 Å². The molecular weight excluding hydrogens is 272 g/mol. The van der Waals surface area contributed by atoms with Gasteiger partial charge >= 0.3 is 6.01 Å². The molecule has 0 bridgehead atoms. The van der Waals surface area contributed by atoms with Crippen LogP contribution in [0.5, 0.6) is 6.01 Å². The maximum atomic E-state index is 5.35. The molecule has 0 spiro atoms. The summed E-state index contributed by atoms with van der Waals surface area (Å²) in [5.41, 5.74) is 0. The Hall–Kier alpha value is -2.45. The highest BCUT2D eigenvalue weighted by molar-refractivity contribution is 5.37. The average Bonchev–Trinajstić information content (AvgIpc) is 2.85. The van der Waals surface area contributed by atoms with Crippen molar-refractivity contribution in [2.75, 3.05) is 23.8 Å². The van der Waals surface area contributed by atoms with Crippen molar-refractivity contribution in [3.05, 3.63) is 12.2 Å². The number of nitrogens with zero attached hydrogens (tertiary/aromatic N) is 6. The zero-order valence-corrected chi connectivity index (χ0v) is 12.7. The third kappa shape index (κ3) is 3.77. The molecule has 0 aliphatic carbocycles. The van der Waals surface area contributed by atoms with Gasteiger partial charge in [0.1, 0.15) is 6.33 Å². The monoisotopic (exact) mass is 292 g/mol. The zero-order valence-electron chi connectivity index (χ0n) is 12.7. The largest absolute Gasteiger partial charge is 0.464 e. The third-order valence-corrected chi connectivity index (χ3v) is 2.70. The average molecular weight is 292 g/mol. The first-order chi connectivity index (χ1) is 10.1. The first-order valence-electron chi connectivity index (χ1n) is 6.87. The van der Waals surface area contributed by atoms with Crippen molar-refractivity contribution in [3.8, 4) is 6.01 Å². The van der Waals surface area contributed by atoms with Crippen LogP contribution in [-0.2, 0) is 7.05 Å². The molecule has 114 valence electrons. The Kier molecular flexibility index (Phi) is 4.85. The van der Waals surface area contributed by atoms with Gasteiger partial charge in [0.05, 0.1) is 12.6 Å². The molecule has 2 heterocycles. The van der Waals surface area contributed by atoms with Crippen molar-refractivity contribution in [2.24, 2.45) is 7.05 Å². The normalized spacial score (nSPS) is 12.0. The minimum Gasteiger partial charge on any atom is -0.464 e. The molecule has 0 saturated carbocycles. The molecule has 2 aromatic rings. The second-order valence-electron chi connectivity index (χ2n) is 4.39. The molecular formula is C12H20N8O. The fourth-order valence-corrected chi connectivity index (χ4v) is 1.79. The van der Waals surface area contributed by atoms with Crippen molar-refractivity contribution < 1.29 is 4.74 Å². The number of rotatable bonds is 7. The molecule has 0 amide bonds. The number of aryl methyl sites for hydroxylation is 1. The van der Waals surface area contributed by atoms with Crippen LogP contribution in [0.1, 0.15) is 32.6 Å². The fourth-order valence-electron chi connectivity index (χ4n) is 1.79. The molecule has 1 unspecified atom stereocenters. The van der Waals surface area contributed by atoms with Gasteiger partial charge in [-0.3, -0.25) is 0 Å². The molecule has 0 saturated heterocycles. The number of nitrogens with one attached hydrogen (secondary N) is 2. The lowest BCUT2D eigenvalue weighted by Crippen LogP contribution is -2.16. The van der Waals surface area contributed by atoms with E-state index in [1.54, 1.807) is 6.33 Å². The number of ether oxygens (including phenoxy) is 1. The van der Waals surface area contributed by atoms with Gasteiger partial charge in [-0.05, 0) is 20.8 Å². The van der Waals surface area contributed by atoms with Crippen molar-refractivity contribution in [1.82, 2.24) is 29.7 Å². The predicted molar refractivity (Wildman–Crippen MR) is 78.2 cm³/mol. The third-order valence-electron chi connectivity index (χ3n) is 2.70. The van der Waals surface area contributed by atoms with Crippen LogP contribution in [0, 0.1) is 0 Å². The smallest absolute Gasteiger partial charge is 0.323 e. The van der Waals surface area contributed by atoms with Gasteiger partial charge in [0.25, 0.3) is 0 Å². The second-order valence-corrected chi connectivity index (χ2v) is 4.39. The van der Waals surface area contributed by atoms with Gasteiger partial charge in [-0.25, -0.2) is 0 Å². The lowest BCUT2D eigenvalue weighted by atomic mass is 10.3. The molecule has 0 aliphatic heterocycles. The van der Waals surface area contributed by atoms with E-state index in [4.69, 9.17) is 4.74 Å². The summed E-state index contributed by atoms with van der Waals surface area (Å²) in [5, 5.41) is 14.2. The highest BCUT2D eigenvalue weighted by atomic mass is 16.5. The summed E-state index contributed by atoms with van der Waals surface area (Å²) >= 11 is 0. The summed E-state index contributed by atoms with van der Waals surface area (Å²) in [4.78, 5) is 12.7. The standard InChI is InChI=1S/C12H20N8O/c1-5-13-10-16-11(18-12(17-10)21-6-2)15-8(3)9-19-14-7-20(9)4/h7-8H,5-6H2,1-4H3,(H2,13,15,16,17,18). The first kappa shape index (κ1) is 14.9. The quantitative estimate of drug-likeness (QED) is 0.779. The minimum atomic E-state index is -0.0937. The van der Waals surface area contributed by atoms with E-state index in [2.05, 4.69) is 35.8 Å². The number of hydrogen-bond donors (Lipinski definition) is 2. The highest BCUT2D eigenvalue weighted by Gasteiger charge is 2.14. The van der Waals surface area contributed by atoms with Crippen LogP contribution in [0.4, 0.5) is 11.9 Å². The highest BCUT2D eigenvalue weighted by Crippen LogP contribution is 2.17. The molecule has 9 heteroatoms. The lowest BCUT2D eigenvalue weighted by Gasteiger charge is -2.14. The summed E-state index contributed by atoms with van der Waals surface area (Å²) < 4.78 is 7.19. The van der Waals surface area contributed by atoms with Crippen LogP contribution < -0.4 is 15.4 Å². The Morgan fingerprint density at radius 2 is 2.00 bits per heavy atom. The van der Waals surface area contributed by atoms with Crippen LogP contribution >= 0.6 is 0 Å². The molecule has 1 atom stereocenters. The molecule has 2 aromatic heterocycles. The van der Waals surface area contributed by atoms with Gasteiger partial charge in [0.2, 0.25) is 11.9 Å². The molecule has 21 heavy (non-hydrogen) atoms. The Morgan fingerprint density at radius 1 is 1.24 bits per heavy atom. The van der Waals surface area contributed by atoms with E-state index in [1.165, 1.54) is 0 Å². The maximum Gasteiger partial charge on any atom is 0.323 e. The summed E-state index contributed by atoms with van der Waals surface area (Å²) in [7, 11) is 1.89. The summed E-state index contributed by atoms with van der Waals surface area (Å²) in [6.07, 6.45) is 1.65. The number of anilines is 2. The Bertz CT molecular complexity index is 560. The fraction of sp³-hybridized carbons (Fsp3) is 0.583. The number of aromatic nitrogens is 6. The van der Waals surface area contributed by atoms with Crippen molar-refractivity contribution >= 4 is 11.9 Å². The zero-order chi connectivity index (χ0) is 15.2. The number of hydrogen-bond acceptors (Lipinski definition) is 8. The summed E-state index contributed by atoms with van der Waals surface area (Å²) in [6.45, 7) is 7.02. The van der Waals surface area contributed by atoms with Gasteiger partial charge < -0.3 is 19.9 Å². The van der Waals surface area contributed by atoms with Gasteiger partial charge in [0, 0.05) is 13.6 Å². The maximum absolute atomic E-state index is 5.35. The Morgan fingerprint density at radius 3 is 2.62 bits per heavy atom. The van der Waals surface area contributed by atoms with Crippen LogP contribution in [0.25, 0.3) is 0 Å².